The van der Waals surface area contributed by atoms with E-state index >= 15 is 0 Å². The smallest absolute Gasteiger partial charge is 0.121 e. The van der Waals surface area contributed by atoms with E-state index in [1.807, 2.05) is 79.0 Å². The molecule has 0 amide bonds. The molecule has 1 aliphatic heterocycles. The molecule has 0 saturated carbocycles. The summed E-state index contributed by atoms with van der Waals surface area (Å²) in [5, 5.41) is 0. The molecule has 1 radical (unpaired) electrons. The first-order valence-corrected chi connectivity index (χ1v) is 10.4. The Morgan fingerprint density at radius 1 is 0.697 bits per heavy atom. The minimum Gasteiger partial charge on any atom is -0.501 e. The van der Waals surface area contributed by atoms with Crippen molar-refractivity contribution in [3.63, 3.8) is 0 Å². The summed E-state index contributed by atoms with van der Waals surface area (Å²) in [6.07, 6.45) is 3.63. The van der Waals surface area contributed by atoms with Gasteiger partial charge in [-0.2, -0.15) is 0 Å². The van der Waals surface area contributed by atoms with Crippen LogP contribution in [0.5, 0.6) is 11.5 Å². The summed E-state index contributed by atoms with van der Waals surface area (Å²) in [6.45, 7) is 2.06. The second-order valence-electron chi connectivity index (χ2n) is 7.40. The second-order valence-corrected chi connectivity index (χ2v) is 7.40. The van der Waals surface area contributed by atoms with E-state index in [9.17, 15) is 0 Å². The Hall–Kier alpha value is -3.59. The SMILES string of the molecule is Cc1ccnc(-c2[c-]cccc2)c1.[Ir].[c-]1cccc2c1-c1ncccc1-c1ccccc1O2. The van der Waals surface area contributed by atoms with Gasteiger partial charge in [0.25, 0.3) is 0 Å². The van der Waals surface area contributed by atoms with E-state index in [2.05, 4.69) is 47.2 Å². The zero-order chi connectivity index (χ0) is 21.8. The molecule has 0 spiro atoms. The Labute approximate surface area is 207 Å². The van der Waals surface area contributed by atoms with Crippen LogP contribution < -0.4 is 4.74 Å². The van der Waals surface area contributed by atoms with E-state index in [-0.39, 0.29) is 20.1 Å². The molecule has 5 aromatic rings. The van der Waals surface area contributed by atoms with Crippen molar-refractivity contribution in [3.8, 4) is 45.1 Å². The third-order valence-electron chi connectivity index (χ3n) is 5.16. The van der Waals surface area contributed by atoms with Gasteiger partial charge < -0.3 is 14.7 Å². The van der Waals surface area contributed by atoms with Crippen molar-refractivity contribution in [2.24, 2.45) is 0 Å². The maximum Gasteiger partial charge on any atom is 0.121 e. The van der Waals surface area contributed by atoms with Crippen molar-refractivity contribution >= 4 is 0 Å². The van der Waals surface area contributed by atoms with Crippen LogP contribution in [0.15, 0.2) is 103 Å². The molecule has 0 aliphatic carbocycles. The molecule has 0 fully saturated rings. The van der Waals surface area contributed by atoms with E-state index in [0.717, 1.165) is 45.1 Å². The van der Waals surface area contributed by atoms with Gasteiger partial charge in [-0.3, -0.25) is 0 Å². The number of benzene rings is 3. The fourth-order valence-corrected chi connectivity index (χ4v) is 3.65. The Morgan fingerprint density at radius 2 is 1.48 bits per heavy atom. The molecule has 4 heteroatoms. The maximum atomic E-state index is 6.01. The zero-order valence-corrected chi connectivity index (χ0v) is 20.3. The van der Waals surface area contributed by atoms with Crippen molar-refractivity contribution in [1.29, 1.82) is 0 Å². The molecule has 3 aromatic carbocycles. The van der Waals surface area contributed by atoms with Crippen LogP contribution in [0.4, 0.5) is 0 Å². The van der Waals surface area contributed by atoms with Crippen LogP contribution in [0.3, 0.4) is 0 Å². The molecule has 3 nitrogen and oxygen atoms in total. The monoisotopic (exact) mass is 605 g/mol. The van der Waals surface area contributed by atoms with Crippen LogP contribution in [-0.4, -0.2) is 9.97 Å². The Kier molecular flexibility index (Phi) is 7.09. The van der Waals surface area contributed by atoms with Crippen LogP contribution in [0, 0.1) is 19.1 Å². The zero-order valence-electron chi connectivity index (χ0n) is 18.0. The maximum absolute atomic E-state index is 6.01. The van der Waals surface area contributed by atoms with Crippen molar-refractivity contribution in [2.45, 2.75) is 6.92 Å². The van der Waals surface area contributed by atoms with Gasteiger partial charge in [0.1, 0.15) is 5.75 Å². The van der Waals surface area contributed by atoms with Gasteiger partial charge in [-0.05, 0) is 42.1 Å². The number of pyridine rings is 2. The molecule has 1 aliphatic rings. The van der Waals surface area contributed by atoms with Crippen LogP contribution in [0.1, 0.15) is 5.56 Å². The normalized spacial score (nSPS) is 10.6. The van der Waals surface area contributed by atoms with Crippen LogP contribution in [0.2, 0.25) is 0 Å². The number of hydrogen-bond donors (Lipinski definition) is 0. The van der Waals surface area contributed by atoms with Crippen LogP contribution in [0.25, 0.3) is 33.6 Å². The van der Waals surface area contributed by atoms with Crippen molar-refractivity contribution in [1.82, 2.24) is 9.97 Å². The first-order chi connectivity index (χ1) is 15.8. The Morgan fingerprint density at radius 3 is 2.33 bits per heavy atom. The summed E-state index contributed by atoms with van der Waals surface area (Å²) < 4.78 is 6.01. The standard InChI is InChI=1S/C17H10NO.C12H10N.Ir/c1-3-9-15-12(6-1)13-8-5-11-18-17(13)14-7-2-4-10-16(14)19-15;1-10-7-8-13-12(9-10)11-5-3-2-4-6-11;/h1-6,8-11H;2-5,7-9H,1H3;/q2*-1;. The van der Waals surface area contributed by atoms with Gasteiger partial charge in [0.2, 0.25) is 0 Å². The third kappa shape index (κ3) is 4.93. The fraction of sp³-hybridized carbons (Fsp3) is 0.0345. The molecule has 2 aromatic heterocycles. The van der Waals surface area contributed by atoms with Gasteiger partial charge in [-0.25, -0.2) is 0 Å². The molecule has 6 rings (SSSR count). The first kappa shape index (κ1) is 22.6. The topological polar surface area (TPSA) is 35.0 Å². The number of nitrogens with zero attached hydrogens (tertiary/aromatic N) is 2. The number of rotatable bonds is 1. The molecule has 3 heterocycles. The summed E-state index contributed by atoms with van der Waals surface area (Å²) in [7, 11) is 0. The van der Waals surface area contributed by atoms with Gasteiger partial charge >= 0.3 is 0 Å². The van der Waals surface area contributed by atoms with E-state index in [0.29, 0.717) is 0 Å². The summed E-state index contributed by atoms with van der Waals surface area (Å²) in [6, 6.07) is 36.1. The Balaban J connectivity index is 0.000000164. The van der Waals surface area contributed by atoms with Crippen LogP contribution in [-0.2, 0) is 20.1 Å². The van der Waals surface area contributed by atoms with E-state index in [1.54, 1.807) is 6.20 Å². The number of aryl methyl sites for hydroxylation is 1. The average molecular weight is 605 g/mol. The average Bonchev–Trinajstić information content (AvgIpc) is 3.00. The molecular formula is C29H20IrN2O-2. The largest absolute Gasteiger partial charge is 0.501 e. The minimum atomic E-state index is 0. The summed E-state index contributed by atoms with van der Waals surface area (Å²) in [5.41, 5.74) is 7.24. The summed E-state index contributed by atoms with van der Waals surface area (Å²) in [4.78, 5) is 8.79. The first-order valence-electron chi connectivity index (χ1n) is 10.4. The molecule has 0 unspecified atom stereocenters. The predicted octanol–water partition coefficient (Wildman–Crippen LogP) is 7.18. The van der Waals surface area contributed by atoms with Gasteiger partial charge in [0.05, 0.1) is 0 Å². The van der Waals surface area contributed by atoms with Gasteiger partial charge in [0, 0.05) is 43.8 Å². The number of para-hydroxylation sites is 1. The molecule has 163 valence electrons. The summed E-state index contributed by atoms with van der Waals surface area (Å²) in [5.74, 6) is 1.66. The molecule has 0 atom stereocenters. The van der Waals surface area contributed by atoms with Crippen molar-refractivity contribution < 1.29 is 24.8 Å². The van der Waals surface area contributed by atoms with Gasteiger partial charge in [0.15, 0.2) is 0 Å². The summed E-state index contributed by atoms with van der Waals surface area (Å²) >= 11 is 0. The van der Waals surface area contributed by atoms with Gasteiger partial charge in [-0.15, -0.1) is 60.2 Å². The number of aromatic nitrogens is 2. The number of hydrogen-bond acceptors (Lipinski definition) is 3. The molecule has 0 N–H and O–H groups in total. The van der Waals surface area contributed by atoms with Crippen molar-refractivity contribution in [2.75, 3.05) is 0 Å². The molecular weight excluding hydrogens is 585 g/mol. The number of ether oxygens (including phenoxy) is 1. The molecule has 0 bridgehead atoms. The predicted molar refractivity (Wildman–Crippen MR) is 127 cm³/mol. The van der Waals surface area contributed by atoms with E-state index < -0.39 is 0 Å². The second kappa shape index (κ2) is 10.4. The number of fused-ring (bicyclic) bond motifs is 5. The third-order valence-corrected chi connectivity index (χ3v) is 5.16. The molecule has 0 saturated heterocycles. The van der Waals surface area contributed by atoms with E-state index in [4.69, 9.17) is 4.74 Å². The van der Waals surface area contributed by atoms with Crippen molar-refractivity contribution in [3.05, 3.63) is 121 Å². The fourth-order valence-electron chi connectivity index (χ4n) is 3.65. The quantitative estimate of drug-likeness (QED) is 0.187. The Bertz CT molecular complexity index is 1300. The minimum absolute atomic E-state index is 0. The van der Waals surface area contributed by atoms with Crippen LogP contribution >= 0.6 is 0 Å². The van der Waals surface area contributed by atoms with Gasteiger partial charge in [-0.1, -0.05) is 41.5 Å². The van der Waals surface area contributed by atoms with E-state index in [1.165, 1.54) is 5.56 Å². The molecule has 33 heavy (non-hydrogen) atoms.